The van der Waals surface area contributed by atoms with Gasteiger partial charge in [-0.1, -0.05) is 6.07 Å². The summed E-state index contributed by atoms with van der Waals surface area (Å²) in [7, 11) is 1.54. The molecular formula is C16H20N4O2S. The molecule has 1 unspecified atom stereocenters. The quantitative estimate of drug-likeness (QED) is 0.899. The van der Waals surface area contributed by atoms with Crippen molar-refractivity contribution < 1.29 is 4.79 Å². The van der Waals surface area contributed by atoms with E-state index in [4.69, 9.17) is 0 Å². The standard InChI is InChI=1S/C16H20N4O2S/c1-19-15(21)7-6-12(18-19)16(22)17-11-13(14-5-4-10-23-14)20-8-2-3-9-20/h4-7,10,13H,2-3,8-9,11H2,1H3,(H,17,22). The molecule has 0 bridgehead atoms. The van der Waals surface area contributed by atoms with Crippen molar-refractivity contribution in [1.29, 1.82) is 0 Å². The number of nitrogens with zero attached hydrogens (tertiary/aromatic N) is 3. The molecule has 6 nitrogen and oxygen atoms in total. The molecular weight excluding hydrogens is 312 g/mol. The molecule has 1 amide bonds. The minimum absolute atomic E-state index is 0.203. The van der Waals surface area contributed by atoms with Crippen LogP contribution in [-0.2, 0) is 7.05 Å². The van der Waals surface area contributed by atoms with Gasteiger partial charge in [0.25, 0.3) is 11.5 Å². The first kappa shape index (κ1) is 15.9. The fourth-order valence-electron chi connectivity index (χ4n) is 2.85. The predicted octanol–water partition coefficient (Wildman–Crippen LogP) is 1.41. The first-order valence-electron chi connectivity index (χ1n) is 7.75. The van der Waals surface area contributed by atoms with Crippen molar-refractivity contribution in [3.05, 3.63) is 50.6 Å². The molecule has 0 aromatic carbocycles. The van der Waals surface area contributed by atoms with Crippen molar-refractivity contribution >= 4 is 17.2 Å². The minimum atomic E-state index is -0.249. The van der Waals surface area contributed by atoms with E-state index in [0.29, 0.717) is 6.54 Å². The van der Waals surface area contributed by atoms with Crippen LogP contribution in [0.2, 0.25) is 0 Å². The summed E-state index contributed by atoms with van der Waals surface area (Å²) in [4.78, 5) is 27.3. The van der Waals surface area contributed by atoms with Gasteiger partial charge in [-0.25, -0.2) is 4.68 Å². The van der Waals surface area contributed by atoms with Gasteiger partial charge in [-0.15, -0.1) is 11.3 Å². The lowest BCUT2D eigenvalue weighted by Gasteiger charge is -2.26. The topological polar surface area (TPSA) is 67.2 Å². The monoisotopic (exact) mass is 332 g/mol. The zero-order valence-corrected chi connectivity index (χ0v) is 13.9. The molecule has 2 aromatic rings. The molecule has 1 N–H and O–H groups in total. The van der Waals surface area contributed by atoms with Gasteiger partial charge in [0.15, 0.2) is 0 Å². The van der Waals surface area contributed by atoms with E-state index in [9.17, 15) is 9.59 Å². The summed E-state index contributed by atoms with van der Waals surface area (Å²) >= 11 is 1.72. The number of thiophene rings is 1. The number of aromatic nitrogens is 2. The van der Waals surface area contributed by atoms with Crippen molar-refractivity contribution in [3.8, 4) is 0 Å². The van der Waals surface area contributed by atoms with Crippen molar-refractivity contribution in [2.24, 2.45) is 7.05 Å². The van der Waals surface area contributed by atoms with E-state index < -0.39 is 0 Å². The zero-order valence-electron chi connectivity index (χ0n) is 13.1. The van der Waals surface area contributed by atoms with Crippen LogP contribution >= 0.6 is 11.3 Å². The van der Waals surface area contributed by atoms with Crippen LogP contribution < -0.4 is 10.9 Å². The Morgan fingerprint density at radius 3 is 2.78 bits per heavy atom. The summed E-state index contributed by atoms with van der Waals surface area (Å²) in [6.07, 6.45) is 2.41. The van der Waals surface area contributed by atoms with Crippen LogP contribution in [0.5, 0.6) is 0 Å². The Balaban J connectivity index is 1.69. The summed E-state index contributed by atoms with van der Waals surface area (Å²) in [5.41, 5.74) is 0.0357. The number of aryl methyl sites for hydroxylation is 1. The second-order valence-corrected chi connectivity index (χ2v) is 6.64. The Labute approximate surface area is 138 Å². The van der Waals surface area contributed by atoms with Gasteiger partial charge in [0.05, 0.1) is 6.04 Å². The molecule has 1 aliphatic heterocycles. The molecule has 3 heterocycles. The molecule has 1 saturated heterocycles. The Hall–Kier alpha value is -1.99. The number of likely N-dealkylation sites (tertiary alicyclic amines) is 1. The molecule has 1 fully saturated rings. The van der Waals surface area contributed by atoms with Gasteiger partial charge in [-0.3, -0.25) is 14.5 Å². The average molecular weight is 332 g/mol. The number of hydrogen-bond acceptors (Lipinski definition) is 5. The Kier molecular flexibility index (Phi) is 4.88. The van der Waals surface area contributed by atoms with Gasteiger partial charge in [-0.05, 0) is 43.4 Å². The fourth-order valence-corrected chi connectivity index (χ4v) is 3.71. The third-order valence-electron chi connectivity index (χ3n) is 4.10. The number of nitrogens with one attached hydrogen (secondary N) is 1. The van der Waals surface area contributed by atoms with E-state index in [1.54, 1.807) is 11.3 Å². The predicted molar refractivity (Wildman–Crippen MR) is 89.7 cm³/mol. The van der Waals surface area contributed by atoms with E-state index in [1.807, 2.05) is 6.07 Å². The summed E-state index contributed by atoms with van der Waals surface area (Å²) in [5.74, 6) is -0.249. The highest BCUT2D eigenvalue weighted by Crippen LogP contribution is 2.27. The maximum Gasteiger partial charge on any atom is 0.271 e. The summed E-state index contributed by atoms with van der Waals surface area (Å²) in [6, 6.07) is 7.19. The lowest BCUT2D eigenvalue weighted by Crippen LogP contribution is -2.37. The third-order valence-corrected chi connectivity index (χ3v) is 5.08. The lowest BCUT2D eigenvalue weighted by atomic mass is 10.2. The second-order valence-electron chi connectivity index (χ2n) is 5.66. The maximum absolute atomic E-state index is 12.3. The molecule has 2 aromatic heterocycles. The smallest absolute Gasteiger partial charge is 0.271 e. The first-order chi connectivity index (χ1) is 11.1. The minimum Gasteiger partial charge on any atom is -0.349 e. The molecule has 23 heavy (non-hydrogen) atoms. The highest BCUT2D eigenvalue weighted by atomic mass is 32.1. The van der Waals surface area contributed by atoms with Crippen molar-refractivity contribution in [1.82, 2.24) is 20.0 Å². The summed E-state index contributed by atoms with van der Waals surface area (Å²) < 4.78 is 1.17. The number of amides is 1. The Morgan fingerprint density at radius 2 is 2.13 bits per heavy atom. The molecule has 1 atom stereocenters. The van der Waals surface area contributed by atoms with Crippen molar-refractivity contribution in [2.45, 2.75) is 18.9 Å². The number of hydrogen-bond donors (Lipinski definition) is 1. The van der Waals surface area contributed by atoms with Crippen LogP contribution in [0.1, 0.15) is 34.2 Å². The first-order valence-corrected chi connectivity index (χ1v) is 8.63. The van der Waals surface area contributed by atoms with Crippen LogP contribution in [0.15, 0.2) is 34.4 Å². The zero-order chi connectivity index (χ0) is 16.2. The molecule has 0 radical (unpaired) electrons. The normalized spacial score (nSPS) is 16.4. The molecule has 0 aliphatic carbocycles. The van der Waals surface area contributed by atoms with Gasteiger partial charge < -0.3 is 5.32 Å². The summed E-state index contributed by atoms with van der Waals surface area (Å²) in [6.45, 7) is 2.68. The van der Waals surface area contributed by atoms with Crippen LogP contribution in [0.25, 0.3) is 0 Å². The van der Waals surface area contributed by atoms with Crippen molar-refractivity contribution in [2.75, 3.05) is 19.6 Å². The van der Waals surface area contributed by atoms with Crippen LogP contribution in [0, 0.1) is 0 Å². The van der Waals surface area contributed by atoms with Crippen LogP contribution in [-0.4, -0.2) is 40.2 Å². The maximum atomic E-state index is 12.3. The van der Waals surface area contributed by atoms with E-state index in [1.165, 1.54) is 41.6 Å². The molecule has 0 spiro atoms. The average Bonchev–Trinajstić information content (AvgIpc) is 3.24. The number of carbonyl (C=O) groups is 1. The van der Waals surface area contributed by atoms with E-state index in [0.717, 1.165) is 13.1 Å². The van der Waals surface area contributed by atoms with Crippen LogP contribution in [0.4, 0.5) is 0 Å². The van der Waals surface area contributed by atoms with Gasteiger partial charge >= 0.3 is 0 Å². The van der Waals surface area contributed by atoms with Crippen molar-refractivity contribution in [3.63, 3.8) is 0 Å². The van der Waals surface area contributed by atoms with Gasteiger partial charge in [0, 0.05) is 24.5 Å². The Morgan fingerprint density at radius 1 is 1.35 bits per heavy atom. The molecule has 7 heteroatoms. The largest absolute Gasteiger partial charge is 0.349 e. The third kappa shape index (κ3) is 3.68. The van der Waals surface area contributed by atoms with Gasteiger partial charge in [0.1, 0.15) is 5.69 Å². The Bertz CT molecular complexity index is 720. The van der Waals surface area contributed by atoms with E-state index in [-0.39, 0.29) is 23.2 Å². The molecule has 3 rings (SSSR count). The number of rotatable bonds is 5. The lowest BCUT2D eigenvalue weighted by molar-refractivity contribution is 0.0931. The second kappa shape index (κ2) is 7.06. The SMILES string of the molecule is Cn1nc(C(=O)NCC(c2cccs2)N2CCCC2)ccc1=O. The van der Waals surface area contributed by atoms with Crippen LogP contribution in [0.3, 0.4) is 0 Å². The highest BCUT2D eigenvalue weighted by molar-refractivity contribution is 7.10. The van der Waals surface area contributed by atoms with E-state index >= 15 is 0 Å². The fraction of sp³-hybridized carbons (Fsp3) is 0.438. The summed E-state index contributed by atoms with van der Waals surface area (Å²) in [5, 5.41) is 9.02. The van der Waals surface area contributed by atoms with Gasteiger partial charge in [-0.2, -0.15) is 5.10 Å². The molecule has 122 valence electrons. The van der Waals surface area contributed by atoms with Gasteiger partial charge in [0.2, 0.25) is 0 Å². The molecule has 0 saturated carbocycles. The highest BCUT2D eigenvalue weighted by Gasteiger charge is 2.25. The van der Waals surface area contributed by atoms with E-state index in [2.05, 4.69) is 26.8 Å². The number of carbonyl (C=O) groups excluding carboxylic acids is 1. The molecule has 1 aliphatic rings.